The predicted octanol–water partition coefficient (Wildman–Crippen LogP) is 0.433. The molecule has 1 aromatic heterocycles. The molecule has 0 fully saturated rings. The Balaban J connectivity index is 2.52. The summed E-state index contributed by atoms with van der Waals surface area (Å²) >= 11 is 5.74. The van der Waals surface area contributed by atoms with E-state index in [-0.39, 0.29) is 17.5 Å². The van der Waals surface area contributed by atoms with Gasteiger partial charge in [-0.1, -0.05) is 11.6 Å². The maximum atomic E-state index is 11.4. The largest absolute Gasteiger partial charge is 0.366 e. The number of nitrogens with one attached hydrogen (secondary N) is 1. The highest BCUT2D eigenvalue weighted by molar-refractivity contribution is 7.89. The van der Waals surface area contributed by atoms with E-state index >= 15 is 0 Å². The molecule has 0 amide bonds. The minimum Gasteiger partial charge on any atom is -0.366 e. The monoisotopic (exact) mass is 264 g/mol. The molecule has 1 heterocycles. The van der Waals surface area contributed by atoms with Crippen molar-refractivity contribution in [3.05, 3.63) is 17.5 Å². The van der Waals surface area contributed by atoms with Crippen LogP contribution in [0.2, 0.25) is 5.15 Å². The average Bonchev–Trinajstić information content (AvgIpc) is 2.20. The van der Waals surface area contributed by atoms with E-state index in [9.17, 15) is 8.42 Å². The summed E-state index contributed by atoms with van der Waals surface area (Å²) in [5.41, 5.74) is 0. The summed E-state index contributed by atoms with van der Waals surface area (Å²) in [4.78, 5) is 7.74. The third-order valence-electron chi connectivity index (χ3n) is 1.86. The molecule has 0 saturated heterocycles. The molecule has 1 N–H and O–H groups in total. The summed E-state index contributed by atoms with van der Waals surface area (Å²) in [6.45, 7) is 0.235. The Morgan fingerprint density at radius 3 is 2.56 bits per heavy atom. The summed E-state index contributed by atoms with van der Waals surface area (Å²) in [5, 5.41) is 3.04. The van der Waals surface area contributed by atoms with E-state index in [1.807, 2.05) is 0 Å². The van der Waals surface area contributed by atoms with E-state index in [1.165, 1.54) is 30.8 Å². The van der Waals surface area contributed by atoms with Gasteiger partial charge in [-0.3, -0.25) is 0 Å². The van der Waals surface area contributed by atoms with Gasteiger partial charge in [0.25, 0.3) is 0 Å². The second-order valence-electron chi connectivity index (χ2n) is 3.22. The molecule has 0 unspecified atom stereocenters. The Labute approximate surface area is 99.7 Å². The normalized spacial score (nSPS) is 11.8. The van der Waals surface area contributed by atoms with Crippen LogP contribution in [0.1, 0.15) is 0 Å². The van der Waals surface area contributed by atoms with Crippen LogP contribution in [0.3, 0.4) is 0 Å². The Morgan fingerprint density at radius 1 is 1.38 bits per heavy atom. The van der Waals surface area contributed by atoms with Crippen molar-refractivity contribution in [3.63, 3.8) is 0 Å². The van der Waals surface area contributed by atoms with Gasteiger partial charge in [-0.15, -0.1) is 0 Å². The van der Waals surface area contributed by atoms with Crippen LogP contribution in [0.4, 0.5) is 5.82 Å². The zero-order chi connectivity index (χ0) is 12.2. The van der Waals surface area contributed by atoms with Crippen LogP contribution >= 0.6 is 11.6 Å². The molecule has 0 saturated carbocycles. The standard InChI is InChI=1S/C8H13ClN4O2S/c1-13(2)16(14,15)6-5-12-8-7(9)10-3-4-11-8/h3-4H,5-6H2,1-2H3,(H,11,12). The summed E-state index contributed by atoms with van der Waals surface area (Å²) in [6, 6.07) is 0. The molecular formula is C8H13ClN4O2S. The average molecular weight is 265 g/mol. The molecule has 0 aliphatic heterocycles. The molecule has 0 aliphatic carbocycles. The van der Waals surface area contributed by atoms with Crippen LogP contribution in [0.5, 0.6) is 0 Å². The first-order chi connectivity index (χ1) is 7.43. The molecule has 0 atom stereocenters. The lowest BCUT2D eigenvalue weighted by molar-refractivity contribution is 0.521. The molecule has 16 heavy (non-hydrogen) atoms. The summed E-state index contributed by atoms with van der Waals surface area (Å²) in [6.07, 6.45) is 2.94. The second kappa shape index (κ2) is 5.42. The highest BCUT2D eigenvalue weighted by Gasteiger charge is 2.13. The molecule has 8 heteroatoms. The Morgan fingerprint density at radius 2 is 2.00 bits per heavy atom. The molecule has 0 spiro atoms. The summed E-state index contributed by atoms with van der Waals surface area (Å²) in [5.74, 6) is 0.366. The lowest BCUT2D eigenvalue weighted by Crippen LogP contribution is -2.28. The predicted molar refractivity (Wildman–Crippen MR) is 63.0 cm³/mol. The van der Waals surface area contributed by atoms with Gasteiger partial charge in [-0.2, -0.15) is 0 Å². The molecule has 0 bridgehead atoms. The molecule has 90 valence electrons. The fourth-order valence-electron chi connectivity index (χ4n) is 0.921. The van der Waals surface area contributed by atoms with Crippen molar-refractivity contribution in [2.24, 2.45) is 0 Å². The topological polar surface area (TPSA) is 75.2 Å². The minimum atomic E-state index is -3.20. The van der Waals surface area contributed by atoms with E-state index in [4.69, 9.17) is 11.6 Å². The first-order valence-corrected chi connectivity index (χ1v) is 6.53. The third kappa shape index (κ3) is 3.58. The Hall–Kier alpha value is -0.920. The number of sulfonamides is 1. The van der Waals surface area contributed by atoms with Crippen LogP contribution in [-0.4, -0.2) is 49.1 Å². The number of nitrogens with zero attached hydrogens (tertiary/aromatic N) is 3. The first kappa shape index (κ1) is 13.1. The molecule has 0 aliphatic rings. The number of hydrogen-bond acceptors (Lipinski definition) is 5. The number of halogens is 1. The van der Waals surface area contributed by atoms with Crippen LogP contribution in [0.15, 0.2) is 12.4 Å². The Bertz CT molecular complexity index is 449. The molecule has 0 aromatic carbocycles. The second-order valence-corrected chi connectivity index (χ2v) is 5.88. The molecular weight excluding hydrogens is 252 g/mol. The first-order valence-electron chi connectivity index (χ1n) is 4.54. The fraction of sp³-hybridized carbons (Fsp3) is 0.500. The van der Waals surface area contributed by atoms with Crippen LogP contribution in [0.25, 0.3) is 0 Å². The lowest BCUT2D eigenvalue weighted by atomic mass is 10.6. The van der Waals surface area contributed by atoms with Crippen molar-refractivity contribution in [2.45, 2.75) is 0 Å². The summed E-state index contributed by atoms with van der Waals surface area (Å²) < 4.78 is 24.0. The molecule has 1 aromatic rings. The van der Waals surface area contributed by atoms with Gasteiger partial charge in [0.1, 0.15) is 0 Å². The van der Waals surface area contributed by atoms with E-state index in [1.54, 1.807) is 0 Å². The van der Waals surface area contributed by atoms with E-state index in [0.717, 1.165) is 0 Å². The third-order valence-corrected chi connectivity index (χ3v) is 3.97. The number of rotatable bonds is 5. The van der Waals surface area contributed by atoms with E-state index in [0.29, 0.717) is 5.82 Å². The highest BCUT2D eigenvalue weighted by atomic mass is 35.5. The molecule has 6 nitrogen and oxygen atoms in total. The zero-order valence-electron chi connectivity index (χ0n) is 9.01. The zero-order valence-corrected chi connectivity index (χ0v) is 10.6. The van der Waals surface area contributed by atoms with Gasteiger partial charge in [0.05, 0.1) is 5.75 Å². The highest BCUT2D eigenvalue weighted by Crippen LogP contribution is 2.13. The fourth-order valence-corrected chi connectivity index (χ4v) is 1.82. The van der Waals surface area contributed by atoms with Crippen LogP contribution in [-0.2, 0) is 10.0 Å². The number of anilines is 1. The van der Waals surface area contributed by atoms with Crippen molar-refractivity contribution in [3.8, 4) is 0 Å². The van der Waals surface area contributed by atoms with Gasteiger partial charge in [0.15, 0.2) is 11.0 Å². The van der Waals surface area contributed by atoms with Gasteiger partial charge < -0.3 is 5.32 Å². The van der Waals surface area contributed by atoms with Crippen LogP contribution in [0, 0.1) is 0 Å². The summed E-state index contributed by atoms with van der Waals surface area (Å²) in [7, 11) is -0.220. The van der Waals surface area contributed by atoms with Crippen molar-refractivity contribution >= 4 is 27.4 Å². The quantitative estimate of drug-likeness (QED) is 0.835. The van der Waals surface area contributed by atoms with Crippen molar-refractivity contribution in [2.75, 3.05) is 31.7 Å². The van der Waals surface area contributed by atoms with E-state index < -0.39 is 10.0 Å². The minimum absolute atomic E-state index is 0.0209. The van der Waals surface area contributed by atoms with E-state index in [2.05, 4.69) is 15.3 Å². The SMILES string of the molecule is CN(C)S(=O)(=O)CCNc1nccnc1Cl. The van der Waals surface area contributed by atoms with Crippen molar-refractivity contribution in [1.29, 1.82) is 0 Å². The van der Waals surface area contributed by atoms with Gasteiger partial charge in [-0.25, -0.2) is 22.7 Å². The maximum absolute atomic E-state index is 11.4. The molecule has 0 radical (unpaired) electrons. The van der Waals surface area contributed by atoms with Crippen molar-refractivity contribution in [1.82, 2.24) is 14.3 Å². The molecule has 1 rings (SSSR count). The Kier molecular flexibility index (Phi) is 4.45. The van der Waals surface area contributed by atoms with Gasteiger partial charge in [0, 0.05) is 33.0 Å². The van der Waals surface area contributed by atoms with Gasteiger partial charge in [-0.05, 0) is 0 Å². The van der Waals surface area contributed by atoms with Crippen molar-refractivity contribution < 1.29 is 8.42 Å². The van der Waals surface area contributed by atoms with Gasteiger partial charge >= 0.3 is 0 Å². The smallest absolute Gasteiger partial charge is 0.215 e. The lowest BCUT2D eigenvalue weighted by Gasteiger charge is -2.11. The van der Waals surface area contributed by atoms with Crippen LogP contribution < -0.4 is 5.32 Å². The number of hydrogen-bond donors (Lipinski definition) is 1. The maximum Gasteiger partial charge on any atom is 0.215 e. The number of aromatic nitrogens is 2. The van der Waals surface area contributed by atoms with Gasteiger partial charge in [0.2, 0.25) is 10.0 Å².